The van der Waals surface area contributed by atoms with Crippen molar-refractivity contribution in [1.82, 2.24) is 0 Å². The molecule has 2 N–H and O–H groups in total. The van der Waals surface area contributed by atoms with Gasteiger partial charge in [-0.15, -0.1) is 0 Å². The zero-order chi connectivity index (χ0) is 15.5. The number of aliphatic hydroxyl groups is 1. The molecule has 0 bridgehead atoms. The molecule has 0 atom stereocenters. The molecule has 0 fully saturated rings. The summed E-state index contributed by atoms with van der Waals surface area (Å²) < 4.78 is 32.4. The maximum absolute atomic E-state index is 12.4. The zero-order valence-corrected chi connectivity index (χ0v) is 12.8. The van der Waals surface area contributed by atoms with Crippen molar-refractivity contribution in [3.05, 3.63) is 53.1 Å². The molecule has 0 saturated carbocycles. The highest BCUT2D eigenvalue weighted by atomic mass is 35.5. The van der Waals surface area contributed by atoms with Crippen molar-refractivity contribution in [1.29, 1.82) is 0 Å². The third-order valence-electron chi connectivity index (χ3n) is 2.84. The largest absolute Gasteiger partial charge is 0.495 e. The average Bonchev–Trinajstić information content (AvgIpc) is 2.47. The van der Waals surface area contributed by atoms with E-state index in [9.17, 15) is 13.5 Å². The Morgan fingerprint density at radius 3 is 2.62 bits per heavy atom. The minimum atomic E-state index is -3.85. The molecule has 0 heterocycles. The first-order valence-corrected chi connectivity index (χ1v) is 7.89. The van der Waals surface area contributed by atoms with Gasteiger partial charge in [0.2, 0.25) is 0 Å². The fourth-order valence-corrected chi connectivity index (χ4v) is 3.32. The number of rotatable bonds is 5. The molecule has 0 aliphatic carbocycles. The molecule has 0 aliphatic rings. The van der Waals surface area contributed by atoms with Gasteiger partial charge in [0, 0.05) is 5.02 Å². The SMILES string of the molecule is COc1ccc(Cl)cc1NS(=O)(=O)c1ccccc1CO. The molecule has 2 aromatic carbocycles. The lowest BCUT2D eigenvalue weighted by molar-refractivity contribution is 0.278. The van der Waals surface area contributed by atoms with Gasteiger partial charge in [0.05, 0.1) is 24.3 Å². The number of nitrogens with one attached hydrogen (secondary N) is 1. The lowest BCUT2D eigenvalue weighted by Crippen LogP contribution is -2.15. The Kier molecular flexibility index (Phi) is 4.72. The van der Waals surface area contributed by atoms with Crippen molar-refractivity contribution < 1.29 is 18.3 Å². The molecule has 21 heavy (non-hydrogen) atoms. The summed E-state index contributed by atoms with van der Waals surface area (Å²) in [6, 6.07) is 10.8. The van der Waals surface area contributed by atoms with Crippen LogP contribution in [0.2, 0.25) is 5.02 Å². The monoisotopic (exact) mass is 327 g/mol. The summed E-state index contributed by atoms with van der Waals surface area (Å²) in [5.74, 6) is 0.351. The zero-order valence-electron chi connectivity index (χ0n) is 11.2. The van der Waals surface area contributed by atoms with Crippen LogP contribution in [0, 0.1) is 0 Å². The predicted octanol–water partition coefficient (Wildman–Crippen LogP) is 2.64. The number of sulfonamides is 1. The average molecular weight is 328 g/mol. The fraction of sp³-hybridized carbons (Fsp3) is 0.143. The van der Waals surface area contributed by atoms with Gasteiger partial charge in [-0.3, -0.25) is 4.72 Å². The topological polar surface area (TPSA) is 75.6 Å². The van der Waals surface area contributed by atoms with Crippen LogP contribution in [0.1, 0.15) is 5.56 Å². The van der Waals surface area contributed by atoms with Gasteiger partial charge < -0.3 is 9.84 Å². The van der Waals surface area contributed by atoms with Crippen LogP contribution in [0.3, 0.4) is 0 Å². The van der Waals surface area contributed by atoms with Crippen LogP contribution >= 0.6 is 11.6 Å². The number of benzene rings is 2. The quantitative estimate of drug-likeness (QED) is 0.885. The van der Waals surface area contributed by atoms with Gasteiger partial charge in [-0.25, -0.2) is 8.42 Å². The summed E-state index contributed by atoms with van der Waals surface area (Å²) in [6.07, 6.45) is 0. The molecule has 0 spiro atoms. The van der Waals surface area contributed by atoms with Crippen molar-refractivity contribution in [2.45, 2.75) is 11.5 Å². The molecule has 7 heteroatoms. The van der Waals surface area contributed by atoms with Crippen LogP contribution in [0.4, 0.5) is 5.69 Å². The Balaban J connectivity index is 2.45. The third-order valence-corrected chi connectivity index (χ3v) is 4.54. The normalized spacial score (nSPS) is 11.2. The van der Waals surface area contributed by atoms with Crippen molar-refractivity contribution >= 4 is 27.3 Å². The van der Waals surface area contributed by atoms with E-state index in [1.54, 1.807) is 30.3 Å². The van der Waals surface area contributed by atoms with Crippen LogP contribution in [0.15, 0.2) is 47.4 Å². The Morgan fingerprint density at radius 1 is 1.24 bits per heavy atom. The predicted molar refractivity (Wildman–Crippen MR) is 81.2 cm³/mol. The molecule has 2 aromatic rings. The van der Waals surface area contributed by atoms with Crippen LogP contribution in [0.25, 0.3) is 0 Å². The first-order chi connectivity index (χ1) is 9.97. The van der Waals surface area contributed by atoms with E-state index in [-0.39, 0.29) is 17.2 Å². The molecular weight excluding hydrogens is 314 g/mol. The van der Waals surface area contributed by atoms with Crippen LogP contribution < -0.4 is 9.46 Å². The summed E-state index contributed by atoms with van der Waals surface area (Å²) >= 11 is 5.88. The van der Waals surface area contributed by atoms with Gasteiger partial charge in [0.15, 0.2) is 0 Å². The number of aliphatic hydroxyl groups excluding tert-OH is 1. The summed E-state index contributed by atoms with van der Waals surface area (Å²) in [5, 5.41) is 9.63. The maximum Gasteiger partial charge on any atom is 0.262 e. The third kappa shape index (κ3) is 3.47. The molecule has 0 unspecified atom stereocenters. The second-order valence-corrected chi connectivity index (χ2v) is 6.30. The van der Waals surface area contributed by atoms with Crippen molar-refractivity contribution in [3.8, 4) is 5.75 Å². The molecule has 0 radical (unpaired) electrons. The van der Waals surface area contributed by atoms with Gasteiger partial charge in [-0.1, -0.05) is 29.8 Å². The molecule has 2 rings (SSSR count). The van der Waals surface area contributed by atoms with Gasteiger partial charge >= 0.3 is 0 Å². The first-order valence-electron chi connectivity index (χ1n) is 6.03. The van der Waals surface area contributed by atoms with E-state index < -0.39 is 10.0 Å². The number of ether oxygens (including phenoxy) is 1. The molecule has 0 aliphatic heterocycles. The summed E-state index contributed by atoms with van der Waals surface area (Å²) in [5.41, 5.74) is 0.545. The van der Waals surface area contributed by atoms with E-state index in [1.165, 1.54) is 19.2 Å². The lowest BCUT2D eigenvalue weighted by Gasteiger charge is -2.13. The highest BCUT2D eigenvalue weighted by Gasteiger charge is 2.19. The standard InChI is InChI=1S/C14H14ClNO4S/c1-20-13-7-6-11(15)8-12(13)16-21(18,19)14-5-3-2-4-10(14)9-17/h2-8,16-17H,9H2,1H3. The van der Waals surface area contributed by atoms with E-state index in [0.717, 1.165) is 0 Å². The molecule has 5 nitrogen and oxygen atoms in total. The highest BCUT2D eigenvalue weighted by molar-refractivity contribution is 7.92. The second kappa shape index (κ2) is 6.34. The van der Waals surface area contributed by atoms with Gasteiger partial charge in [-0.05, 0) is 29.8 Å². The summed E-state index contributed by atoms with van der Waals surface area (Å²) in [4.78, 5) is 0.00882. The Hall–Kier alpha value is -1.76. The van der Waals surface area contributed by atoms with E-state index in [1.807, 2.05) is 0 Å². The minimum Gasteiger partial charge on any atom is -0.495 e. The Labute approximate surface area is 128 Å². The van der Waals surface area contributed by atoms with E-state index in [0.29, 0.717) is 16.3 Å². The Morgan fingerprint density at radius 2 is 1.95 bits per heavy atom. The highest BCUT2D eigenvalue weighted by Crippen LogP contribution is 2.30. The van der Waals surface area contributed by atoms with Gasteiger partial charge in [-0.2, -0.15) is 0 Å². The molecule has 0 amide bonds. The summed E-state index contributed by atoms with van der Waals surface area (Å²) in [6.45, 7) is -0.371. The number of anilines is 1. The van der Waals surface area contributed by atoms with Crippen LogP contribution in [-0.2, 0) is 16.6 Å². The number of halogens is 1. The second-order valence-electron chi connectivity index (χ2n) is 4.22. The van der Waals surface area contributed by atoms with Crippen molar-refractivity contribution in [3.63, 3.8) is 0 Å². The van der Waals surface area contributed by atoms with E-state index in [4.69, 9.17) is 16.3 Å². The van der Waals surface area contributed by atoms with E-state index in [2.05, 4.69) is 4.72 Å². The van der Waals surface area contributed by atoms with E-state index >= 15 is 0 Å². The fourth-order valence-electron chi connectivity index (χ4n) is 1.86. The molecule has 0 saturated heterocycles. The number of methoxy groups -OCH3 is 1. The van der Waals surface area contributed by atoms with Crippen molar-refractivity contribution in [2.75, 3.05) is 11.8 Å². The minimum absolute atomic E-state index is 0.00882. The van der Waals surface area contributed by atoms with Gasteiger partial charge in [0.25, 0.3) is 10.0 Å². The van der Waals surface area contributed by atoms with Crippen LogP contribution in [-0.4, -0.2) is 20.6 Å². The van der Waals surface area contributed by atoms with Crippen molar-refractivity contribution in [2.24, 2.45) is 0 Å². The Bertz CT molecular complexity index is 746. The summed E-state index contributed by atoms with van der Waals surface area (Å²) in [7, 11) is -2.42. The lowest BCUT2D eigenvalue weighted by atomic mass is 10.2. The van der Waals surface area contributed by atoms with Gasteiger partial charge in [0.1, 0.15) is 5.75 Å². The van der Waals surface area contributed by atoms with Crippen LogP contribution in [0.5, 0.6) is 5.75 Å². The maximum atomic E-state index is 12.4. The molecular formula is C14H14ClNO4S. The molecule has 112 valence electrons. The first kappa shape index (κ1) is 15.6. The number of hydrogen-bond donors (Lipinski definition) is 2. The number of hydrogen-bond acceptors (Lipinski definition) is 4. The smallest absolute Gasteiger partial charge is 0.262 e. The molecule has 0 aromatic heterocycles.